The van der Waals surface area contributed by atoms with Crippen molar-refractivity contribution in [3.63, 3.8) is 0 Å². The van der Waals surface area contributed by atoms with Crippen molar-refractivity contribution in [1.82, 2.24) is 10.2 Å². The molecule has 6 heteroatoms. The summed E-state index contributed by atoms with van der Waals surface area (Å²) in [5.74, 6) is 0. The minimum absolute atomic E-state index is 0.0563. The molecule has 1 aliphatic rings. The van der Waals surface area contributed by atoms with Crippen LogP contribution in [0.3, 0.4) is 0 Å². The van der Waals surface area contributed by atoms with Crippen molar-refractivity contribution in [2.75, 3.05) is 18.4 Å². The van der Waals surface area contributed by atoms with Gasteiger partial charge in [0, 0.05) is 25.3 Å². The first kappa shape index (κ1) is 19.1. The Morgan fingerprint density at radius 1 is 1.12 bits per heavy atom. The third-order valence-corrected chi connectivity index (χ3v) is 3.91. The number of nitrogens with one attached hydrogen (secondary N) is 2. The van der Waals surface area contributed by atoms with Gasteiger partial charge in [-0.15, -0.1) is 0 Å². The molecule has 3 amide bonds. The highest BCUT2D eigenvalue weighted by atomic mass is 16.6. The summed E-state index contributed by atoms with van der Waals surface area (Å²) in [6.45, 7) is 7.45. The number of ether oxygens (including phenoxy) is 1. The van der Waals surface area contributed by atoms with E-state index in [9.17, 15) is 9.59 Å². The molecular weight excluding hydrogens is 318 g/mol. The van der Waals surface area contributed by atoms with Crippen LogP contribution in [0.25, 0.3) is 0 Å². The summed E-state index contributed by atoms with van der Waals surface area (Å²) in [4.78, 5) is 26.0. The highest BCUT2D eigenvalue weighted by Crippen LogP contribution is 2.15. The second-order valence-electron chi connectivity index (χ2n) is 7.39. The van der Waals surface area contributed by atoms with Crippen LogP contribution in [-0.2, 0) is 11.3 Å². The van der Waals surface area contributed by atoms with E-state index in [1.165, 1.54) is 12.8 Å². The molecule has 1 heterocycles. The quantitative estimate of drug-likeness (QED) is 0.864. The number of amides is 3. The van der Waals surface area contributed by atoms with Crippen LogP contribution < -0.4 is 10.6 Å². The van der Waals surface area contributed by atoms with Gasteiger partial charge in [0.15, 0.2) is 0 Å². The smallest absolute Gasteiger partial charge is 0.407 e. The number of hydrogen-bond acceptors (Lipinski definition) is 3. The third-order valence-electron chi connectivity index (χ3n) is 3.91. The van der Waals surface area contributed by atoms with Crippen molar-refractivity contribution >= 4 is 17.8 Å². The number of benzene rings is 1. The van der Waals surface area contributed by atoms with E-state index in [1.807, 2.05) is 49.9 Å². The van der Waals surface area contributed by atoms with Crippen LogP contribution in [-0.4, -0.2) is 35.7 Å². The Hall–Kier alpha value is -2.24. The topological polar surface area (TPSA) is 70.7 Å². The largest absolute Gasteiger partial charge is 0.444 e. The molecule has 1 aromatic carbocycles. The molecule has 1 fully saturated rings. The molecule has 0 radical (unpaired) electrons. The van der Waals surface area contributed by atoms with E-state index in [0.717, 1.165) is 37.2 Å². The van der Waals surface area contributed by atoms with Crippen LogP contribution in [0.1, 0.15) is 52.0 Å². The number of anilines is 1. The summed E-state index contributed by atoms with van der Waals surface area (Å²) in [7, 11) is 0. The maximum atomic E-state index is 12.4. The van der Waals surface area contributed by atoms with Crippen molar-refractivity contribution in [3.05, 3.63) is 29.8 Å². The van der Waals surface area contributed by atoms with Gasteiger partial charge in [-0.05, 0) is 51.3 Å². The number of rotatable bonds is 3. The Bertz CT molecular complexity index is 588. The number of alkyl carbamates (subject to hydrolysis) is 1. The third kappa shape index (κ3) is 7.03. The summed E-state index contributed by atoms with van der Waals surface area (Å²) in [5, 5.41) is 5.67. The fourth-order valence-electron chi connectivity index (χ4n) is 2.72. The zero-order chi connectivity index (χ0) is 18.3. The van der Waals surface area contributed by atoms with Crippen molar-refractivity contribution < 1.29 is 14.3 Å². The highest BCUT2D eigenvalue weighted by molar-refractivity contribution is 5.89. The lowest BCUT2D eigenvalue weighted by Crippen LogP contribution is -2.35. The highest BCUT2D eigenvalue weighted by Gasteiger charge is 2.17. The zero-order valence-electron chi connectivity index (χ0n) is 15.4. The van der Waals surface area contributed by atoms with E-state index in [1.54, 1.807) is 0 Å². The Morgan fingerprint density at radius 2 is 1.80 bits per heavy atom. The van der Waals surface area contributed by atoms with Gasteiger partial charge in [-0.2, -0.15) is 0 Å². The van der Waals surface area contributed by atoms with Crippen molar-refractivity contribution in [1.29, 1.82) is 0 Å². The fourth-order valence-corrected chi connectivity index (χ4v) is 2.72. The predicted molar refractivity (Wildman–Crippen MR) is 98.6 cm³/mol. The molecular formula is C19H29N3O3. The van der Waals surface area contributed by atoms with Gasteiger partial charge in [-0.3, -0.25) is 0 Å². The van der Waals surface area contributed by atoms with Gasteiger partial charge in [0.25, 0.3) is 0 Å². The number of likely N-dealkylation sites (tertiary alicyclic amines) is 1. The van der Waals surface area contributed by atoms with E-state index in [0.29, 0.717) is 6.54 Å². The lowest BCUT2D eigenvalue weighted by Gasteiger charge is -2.21. The van der Waals surface area contributed by atoms with Crippen LogP contribution in [0.2, 0.25) is 0 Å². The molecule has 2 N–H and O–H groups in total. The Balaban J connectivity index is 1.87. The molecule has 0 bridgehead atoms. The molecule has 1 aliphatic heterocycles. The van der Waals surface area contributed by atoms with E-state index in [2.05, 4.69) is 10.6 Å². The average molecular weight is 347 g/mol. The minimum Gasteiger partial charge on any atom is -0.444 e. The predicted octanol–water partition coefficient (Wildman–Crippen LogP) is 4.12. The minimum atomic E-state index is -0.521. The van der Waals surface area contributed by atoms with E-state index in [4.69, 9.17) is 4.74 Å². The molecule has 2 rings (SSSR count). The van der Waals surface area contributed by atoms with Crippen LogP contribution >= 0.6 is 0 Å². The van der Waals surface area contributed by atoms with Gasteiger partial charge in [-0.1, -0.05) is 25.0 Å². The molecule has 1 aromatic rings. The summed E-state index contributed by atoms with van der Waals surface area (Å²) in [6, 6.07) is 7.43. The summed E-state index contributed by atoms with van der Waals surface area (Å²) >= 11 is 0. The van der Waals surface area contributed by atoms with E-state index >= 15 is 0 Å². The summed E-state index contributed by atoms with van der Waals surface area (Å²) in [6.07, 6.45) is 4.05. The number of carbonyl (C=O) groups excluding carboxylic acids is 2. The summed E-state index contributed by atoms with van der Waals surface area (Å²) in [5.41, 5.74) is 1.12. The SMILES string of the molecule is CC(C)(C)OC(=O)NCc1cccc(NC(=O)N2CCCCCC2)c1. The maximum absolute atomic E-state index is 12.4. The molecule has 1 saturated heterocycles. The van der Waals surface area contributed by atoms with Crippen LogP contribution in [0.5, 0.6) is 0 Å². The number of hydrogen-bond donors (Lipinski definition) is 2. The zero-order valence-corrected chi connectivity index (χ0v) is 15.4. The van der Waals surface area contributed by atoms with E-state index in [-0.39, 0.29) is 6.03 Å². The molecule has 0 unspecified atom stereocenters. The van der Waals surface area contributed by atoms with Gasteiger partial charge in [0.2, 0.25) is 0 Å². The molecule has 0 atom stereocenters. The molecule has 25 heavy (non-hydrogen) atoms. The number of urea groups is 1. The Kier molecular flexibility index (Phi) is 6.67. The Morgan fingerprint density at radius 3 is 2.44 bits per heavy atom. The standard InChI is InChI=1S/C19H29N3O3/c1-19(2,3)25-18(24)20-14-15-9-8-10-16(13-15)21-17(23)22-11-6-4-5-7-12-22/h8-10,13H,4-7,11-12,14H2,1-3H3,(H,20,24)(H,21,23). The van der Waals surface area contributed by atoms with Crippen LogP contribution in [0.15, 0.2) is 24.3 Å². The first-order chi connectivity index (χ1) is 11.8. The lowest BCUT2D eigenvalue weighted by atomic mass is 10.2. The fraction of sp³-hybridized carbons (Fsp3) is 0.579. The maximum Gasteiger partial charge on any atom is 0.407 e. The first-order valence-electron chi connectivity index (χ1n) is 8.95. The van der Waals surface area contributed by atoms with Gasteiger partial charge in [-0.25, -0.2) is 9.59 Å². The van der Waals surface area contributed by atoms with Crippen molar-refractivity contribution in [2.45, 2.75) is 58.6 Å². The van der Waals surface area contributed by atoms with Gasteiger partial charge in [0.05, 0.1) is 0 Å². The Labute approximate surface area is 149 Å². The van der Waals surface area contributed by atoms with Gasteiger partial charge in [0.1, 0.15) is 5.60 Å². The van der Waals surface area contributed by atoms with Crippen molar-refractivity contribution in [2.24, 2.45) is 0 Å². The normalized spacial score (nSPS) is 15.2. The second-order valence-corrected chi connectivity index (χ2v) is 7.39. The van der Waals surface area contributed by atoms with Crippen LogP contribution in [0, 0.1) is 0 Å². The summed E-state index contributed by atoms with van der Waals surface area (Å²) < 4.78 is 5.22. The number of nitrogens with zero attached hydrogens (tertiary/aromatic N) is 1. The second kappa shape index (κ2) is 8.74. The molecule has 0 saturated carbocycles. The number of carbonyl (C=O) groups is 2. The van der Waals surface area contributed by atoms with Crippen molar-refractivity contribution in [3.8, 4) is 0 Å². The van der Waals surface area contributed by atoms with Crippen LogP contribution in [0.4, 0.5) is 15.3 Å². The molecule has 6 nitrogen and oxygen atoms in total. The van der Waals surface area contributed by atoms with E-state index < -0.39 is 11.7 Å². The molecule has 0 aliphatic carbocycles. The van der Waals surface area contributed by atoms with Gasteiger partial charge >= 0.3 is 12.1 Å². The van der Waals surface area contributed by atoms with Gasteiger partial charge < -0.3 is 20.3 Å². The molecule has 138 valence electrons. The lowest BCUT2D eigenvalue weighted by molar-refractivity contribution is 0.0523. The average Bonchev–Trinajstić information content (AvgIpc) is 2.81. The first-order valence-corrected chi connectivity index (χ1v) is 8.95. The molecule has 0 spiro atoms. The molecule has 0 aromatic heterocycles. The monoisotopic (exact) mass is 347 g/mol.